The number of hydrogen-bond acceptors (Lipinski definition) is 7. The Morgan fingerprint density at radius 1 is 1.18 bits per heavy atom. The van der Waals surface area contributed by atoms with E-state index < -0.39 is 17.4 Å². The predicted octanol–water partition coefficient (Wildman–Crippen LogP) is 2.83. The van der Waals surface area contributed by atoms with Crippen LogP contribution in [0, 0.1) is 5.82 Å². The predicted molar refractivity (Wildman–Crippen MR) is 121 cm³/mol. The number of benzene rings is 1. The van der Waals surface area contributed by atoms with Crippen molar-refractivity contribution in [2.75, 3.05) is 36.8 Å². The first kappa shape index (κ1) is 21.2. The quantitative estimate of drug-likeness (QED) is 0.448. The zero-order valence-corrected chi connectivity index (χ0v) is 17.9. The van der Waals surface area contributed by atoms with E-state index in [4.69, 9.17) is 10.8 Å². The zero-order valence-electron chi connectivity index (χ0n) is 17.9. The smallest absolute Gasteiger partial charge is 0.449 e. The van der Waals surface area contributed by atoms with Crippen LogP contribution in [-0.4, -0.2) is 51.9 Å². The van der Waals surface area contributed by atoms with Crippen molar-refractivity contribution in [3.05, 3.63) is 58.1 Å². The molecule has 3 aromatic rings. The zero-order chi connectivity index (χ0) is 23.1. The summed E-state index contributed by atoms with van der Waals surface area (Å²) in [6.45, 7) is 3.46. The van der Waals surface area contributed by atoms with Gasteiger partial charge in [0.15, 0.2) is 17.4 Å². The Morgan fingerprint density at radius 3 is 2.52 bits per heavy atom. The summed E-state index contributed by atoms with van der Waals surface area (Å²) in [4.78, 5) is 32.4. The van der Waals surface area contributed by atoms with Crippen LogP contribution in [0.4, 0.5) is 20.7 Å². The Kier molecular flexibility index (Phi) is 5.37. The second kappa shape index (κ2) is 8.36. The lowest BCUT2D eigenvalue weighted by molar-refractivity contribution is 0.143. The maximum Gasteiger partial charge on any atom is 0.511 e. The molecule has 2 aromatic heterocycles. The molecule has 0 radical (unpaired) electrons. The van der Waals surface area contributed by atoms with E-state index >= 15 is 4.39 Å². The van der Waals surface area contributed by atoms with Gasteiger partial charge in [-0.1, -0.05) is 12.1 Å². The standard InChI is InChI=1S/C23H24FN5O4/c24-18-11-17-20(30)19(33-23(31)32)13-29(16-5-6-16)21(17)26-22(18)28-9-7-27(8-10-28)12-14-1-3-15(25)4-2-14/h1-4,11,13,16H,5-10,12,25H2,(H,31,32). The summed E-state index contributed by atoms with van der Waals surface area (Å²) in [6.07, 6.45) is 1.54. The van der Waals surface area contributed by atoms with Crippen molar-refractivity contribution in [1.82, 2.24) is 14.5 Å². The molecule has 1 aliphatic carbocycles. The maximum atomic E-state index is 15.1. The molecule has 2 fully saturated rings. The van der Waals surface area contributed by atoms with Gasteiger partial charge in [-0.25, -0.2) is 14.2 Å². The number of nitrogens with two attached hydrogens (primary N) is 1. The topological polar surface area (TPSA) is 114 Å². The minimum absolute atomic E-state index is 0.0175. The van der Waals surface area contributed by atoms with Crippen molar-refractivity contribution in [3.8, 4) is 5.75 Å². The number of piperazine rings is 1. The summed E-state index contributed by atoms with van der Waals surface area (Å²) in [5.41, 5.74) is 7.31. The molecule has 5 rings (SSSR count). The van der Waals surface area contributed by atoms with Gasteiger partial charge in [-0.2, -0.15) is 0 Å². The van der Waals surface area contributed by atoms with Gasteiger partial charge in [0.05, 0.1) is 11.6 Å². The molecule has 3 heterocycles. The number of nitrogens with zero attached hydrogens (tertiary/aromatic N) is 4. The SMILES string of the molecule is Nc1ccc(CN2CCN(c3nc4c(cc3F)c(=O)c(OC(=O)O)cn4C3CC3)CC2)cc1. The van der Waals surface area contributed by atoms with Gasteiger partial charge in [-0.3, -0.25) is 9.69 Å². The van der Waals surface area contributed by atoms with Gasteiger partial charge in [0.2, 0.25) is 5.43 Å². The second-order valence-electron chi connectivity index (χ2n) is 8.50. The molecule has 9 nitrogen and oxygen atoms in total. The lowest BCUT2D eigenvalue weighted by Gasteiger charge is -2.35. The molecule has 10 heteroatoms. The first-order chi connectivity index (χ1) is 15.9. The summed E-state index contributed by atoms with van der Waals surface area (Å²) in [6, 6.07) is 9.01. The summed E-state index contributed by atoms with van der Waals surface area (Å²) in [5.74, 6) is -0.746. The molecule has 1 aromatic carbocycles. The highest BCUT2D eigenvalue weighted by Crippen LogP contribution is 2.38. The minimum atomic E-state index is -1.59. The third kappa shape index (κ3) is 4.34. The van der Waals surface area contributed by atoms with Crippen LogP contribution < -0.4 is 20.8 Å². The largest absolute Gasteiger partial charge is 0.511 e. The van der Waals surface area contributed by atoms with Gasteiger partial charge in [0, 0.05) is 44.5 Å². The second-order valence-corrected chi connectivity index (χ2v) is 8.50. The van der Waals surface area contributed by atoms with Crippen molar-refractivity contribution in [3.63, 3.8) is 0 Å². The molecule has 33 heavy (non-hydrogen) atoms. The fourth-order valence-electron chi connectivity index (χ4n) is 4.23. The number of rotatable bonds is 5. The van der Waals surface area contributed by atoms with Crippen LogP contribution in [0.3, 0.4) is 0 Å². The number of fused-ring (bicyclic) bond motifs is 1. The van der Waals surface area contributed by atoms with E-state index in [1.54, 1.807) is 4.57 Å². The fourth-order valence-corrected chi connectivity index (χ4v) is 4.23. The normalized spacial score (nSPS) is 16.8. The van der Waals surface area contributed by atoms with Crippen LogP contribution in [0.15, 0.2) is 41.3 Å². The van der Waals surface area contributed by atoms with Crippen molar-refractivity contribution >= 4 is 28.7 Å². The first-order valence-corrected chi connectivity index (χ1v) is 10.9. The van der Waals surface area contributed by atoms with Crippen LogP contribution in [0.5, 0.6) is 5.75 Å². The van der Waals surface area contributed by atoms with Crippen LogP contribution in [0.25, 0.3) is 11.0 Å². The van der Waals surface area contributed by atoms with Crippen LogP contribution in [-0.2, 0) is 6.54 Å². The minimum Gasteiger partial charge on any atom is -0.449 e. The first-order valence-electron chi connectivity index (χ1n) is 10.9. The monoisotopic (exact) mass is 453 g/mol. The van der Waals surface area contributed by atoms with Gasteiger partial charge >= 0.3 is 6.16 Å². The van der Waals surface area contributed by atoms with Crippen molar-refractivity contribution in [2.24, 2.45) is 0 Å². The summed E-state index contributed by atoms with van der Waals surface area (Å²) in [7, 11) is 0. The number of carbonyl (C=O) groups is 1. The molecule has 0 amide bonds. The number of ether oxygens (including phenoxy) is 1. The Hall–Kier alpha value is -3.66. The Bertz CT molecular complexity index is 1260. The van der Waals surface area contributed by atoms with Gasteiger partial charge in [0.25, 0.3) is 0 Å². The highest BCUT2D eigenvalue weighted by atomic mass is 19.1. The van der Waals surface area contributed by atoms with Crippen LogP contribution in [0.1, 0.15) is 24.4 Å². The molecule has 0 atom stereocenters. The number of halogens is 1. The highest BCUT2D eigenvalue weighted by molar-refractivity contribution is 5.80. The van der Waals surface area contributed by atoms with Gasteiger partial charge in [-0.15, -0.1) is 0 Å². The van der Waals surface area contributed by atoms with Crippen molar-refractivity contribution in [1.29, 1.82) is 0 Å². The number of aromatic nitrogens is 2. The number of nitrogen functional groups attached to an aromatic ring is 1. The summed E-state index contributed by atoms with van der Waals surface area (Å²) < 4.78 is 21.4. The third-order valence-electron chi connectivity index (χ3n) is 6.10. The molecule has 1 aliphatic heterocycles. The van der Waals surface area contributed by atoms with Crippen molar-refractivity contribution in [2.45, 2.75) is 25.4 Å². The van der Waals surface area contributed by atoms with E-state index in [2.05, 4.69) is 14.6 Å². The van der Waals surface area contributed by atoms with E-state index in [-0.39, 0.29) is 23.0 Å². The van der Waals surface area contributed by atoms with Crippen molar-refractivity contribution < 1.29 is 19.0 Å². The molecule has 0 unspecified atom stereocenters. The average molecular weight is 453 g/mol. The highest BCUT2D eigenvalue weighted by Gasteiger charge is 2.29. The Morgan fingerprint density at radius 2 is 1.88 bits per heavy atom. The summed E-state index contributed by atoms with van der Waals surface area (Å²) >= 11 is 0. The third-order valence-corrected chi connectivity index (χ3v) is 6.10. The van der Waals surface area contributed by atoms with Crippen LogP contribution in [0.2, 0.25) is 0 Å². The summed E-state index contributed by atoms with van der Waals surface area (Å²) in [5, 5.41) is 8.95. The van der Waals surface area contributed by atoms with E-state index in [0.717, 1.165) is 44.2 Å². The van der Waals surface area contributed by atoms with E-state index in [0.29, 0.717) is 18.7 Å². The van der Waals surface area contributed by atoms with E-state index in [1.807, 2.05) is 29.2 Å². The van der Waals surface area contributed by atoms with Gasteiger partial charge in [0.1, 0.15) is 5.65 Å². The number of anilines is 2. The number of hydrogen-bond donors (Lipinski definition) is 2. The molecule has 1 saturated heterocycles. The van der Waals surface area contributed by atoms with E-state index in [1.165, 1.54) is 11.8 Å². The lowest BCUT2D eigenvalue weighted by atomic mass is 10.2. The number of carboxylic acid groups (broad SMARTS) is 1. The molecular weight excluding hydrogens is 429 g/mol. The lowest BCUT2D eigenvalue weighted by Crippen LogP contribution is -2.46. The van der Waals surface area contributed by atoms with Crippen LogP contribution >= 0.6 is 0 Å². The van der Waals surface area contributed by atoms with E-state index in [9.17, 15) is 9.59 Å². The van der Waals surface area contributed by atoms with Gasteiger partial charge in [-0.05, 0) is 36.6 Å². The average Bonchev–Trinajstić information content (AvgIpc) is 3.63. The molecule has 0 spiro atoms. The Labute approximate surface area is 188 Å². The molecule has 2 aliphatic rings. The fraction of sp³-hybridized carbons (Fsp3) is 0.348. The van der Waals surface area contributed by atoms with Gasteiger partial charge < -0.3 is 25.0 Å². The molecular formula is C23H24FN5O4. The molecule has 1 saturated carbocycles. The molecule has 0 bridgehead atoms. The maximum absolute atomic E-state index is 15.1. The number of pyridine rings is 2. The Balaban J connectivity index is 1.40. The molecule has 3 N–H and O–H groups in total. The molecule has 172 valence electrons.